The van der Waals surface area contributed by atoms with Crippen LogP contribution in [0.3, 0.4) is 0 Å². The number of hydrogen-bond donors (Lipinski definition) is 2. The number of nitrogens with zero attached hydrogens (tertiary/aromatic N) is 2. The van der Waals surface area contributed by atoms with E-state index in [2.05, 4.69) is 28.8 Å². The monoisotopic (exact) mass is 460 g/mol. The Balaban J connectivity index is 1.17. The third-order valence-electron chi connectivity index (χ3n) is 7.13. The van der Waals surface area contributed by atoms with Gasteiger partial charge < -0.3 is 15.0 Å². The Morgan fingerprint density at radius 3 is 2.65 bits per heavy atom. The van der Waals surface area contributed by atoms with E-state index < -0.39 is 11.9 Å². The Bertz CT molecular complexity index is 1240. The van der Waals surface area contributed by atoms with Crippen molar-refractivity contribution in [2.75, 3.05) is 30.0 Å². The lowest BCUT2D eigenvalue weighted by atomic mass is 9.96. The second-order valence-corrected chi connectivity index (χ2v) is 9.23. The van der Waals surface area contributed by atoms with Crippen molar-refractivity contribution in [3.8, 4) is 0 Å². The highest BCUT2D eigenvalue weighted by atomic mass is 16.5. The minimum Gasteiger partial charge on any atom is -0.380 e. The molecular formula is C25H24N4O5. The highest BCUT2D eigenvalue weighted by molar-refractivity contribution is 6.06. The maximum atomic E-state index is 13.1. The van der Waals surface area contributed by atoms with Crippen molar-refractivity contribution >= 4 is 35.1 Å². The highest BCUT2D eigenvalue weighted by Gasteiger charge is 2.39. The van der Waals surface area contributed by atoms with E-state index in [1.807, 2.05) is 0 Å². The number of rotatable bonds is 3. The first kappa shape index (κ1) is 20.9. The van der Waals surface area contributed by atoms with Gasteiger partial charge in [0, 0.05) is 42.4 Å². The Labute approximate surface area is 196 Å². The van der Waals surface area contributed by atoms with Crippen LogP contribution < -0.4 is 15.5 Å². The second-order valence-electron chi connectivity index (χ2n) is 9.23. The first-order chi connectivity index (χ1) is 16.5. The number of urea groups is 1. The van der Waals surface area contributed by atoms with E-state index in [0.29, 0.717) is 43.3 Å². The van der Waals surface area contributed by atoms with E-state index in [4.69, 9.17) is 4.74 Å². The molecule has 2 aromatic rings. The number of anilines is 2. The molecular weight excluding hydrogens is 436 g/mol. The third kappa shape index (κ3) is 3.43. The summed E-state index contributed by atoms with van der Waals surface area (Å²) in [6.07, 6.45) is 1.34. The second kappa shape index (κ2) is 7.95. The number of piperidine rings is 1. The smallest absolute Gasteiger partial charge is 0.326 e. The van der Waals surface area contributed by atoms with E-state index in [1.165, 1.54) is 10.5 Å². The Morgan fingerprint density at radius 1 is 1.03 bits per heavy atom. The SMILES string of the molecule is O=C1CCC(N2Cc3cc(NC(=O)N4CCc5ccc(C6COC6)cc54)ccc3C2=O)C(=O)N1. The molecule has 4 heterocycles. The zero-order chi connectivity index (χ0) is 23.4. The number of nitrogens with one attached hydrogen (secondary N) is 2. The predicted octanol–water partition coefficient (Wildman–Crippen LogP) is 2.16. The number of hydrogen-bond acceptors (Lipinski definition) is 5. The molecule has 1 unspecified atom stereocenters. The molecule has 4 aliphatic rings. The fourth-order valence-electron chi connectivity index (χ4n) is 5.13. The van der Waals surface area contributed by atoms with Gasteiger partial charge in [-0.05, 0) is 53.8 Å². The quantitative estimate of drug-likeness (QED) is 0.683. The third-order valence-corrected chi connectivity index (χ3v) is 7.13. The Kier molecular flexibility index (Phi) is 4.88. The molecule has 4 aliphatic heterocycles. The van der Waals surface area contributed by atoms with Crippen molar-refractivity contribution in [2.24, 2.45) is 0 Å². The summed E-state index contributed by atoms with van der Waals surface area (Å²) in [5, 5.41) is 5.27. The number of fused-ring (bicyclic) bond motifs is 2. The van der Waals surface area contributed by atoms with Crippen LogP contribution in [0.5, 0.6) is 0 Å². The summed E-state index contributed by atoms with van der Waals surface area (Å²) in [6, 6.07) is 10.6. The summed E-state index contributed by atoms with van der Waals surface area (Å²) in [7, 11) is 0. The van der Waals surface area contributed by atoms with Gasteiger partial charge in [-0.25, -0.2) is 4.79 Å². The first-order valence-corrected chi connectivity index (χ1v) is 11.5. The molecule has 0 saturated carbocycles. The molecule has 0 aliphatic carbocycles. The van der Waals surface area contributed by atoms with E-state index in [0.717, 1.165) is 23.2 Å². The van der Waals surface area contributed by atoms with E-state index in [9.17, 15) is 19.2 Å². The maximum absolute atomic E-state index is 13.1. The summed E-state index contributed by atoms with van der Waals surface area (Å²) in [4.78, 5) is 52.9. The van der Waals surface area contributed by atoms with Crippen LogP contribution in [0.15, 0.2) is 36.4 Å². The number of ether oxygens (including phenoxy) is 1. The molecule has 5 amide bonds. The molecule has 0 spiro atoms. The van der Waals surface area contributed by atoms with Crippen molar-refractivity contribution in [3.63, 3.8) is 0 Å². The van der Waals surface area contributed by atoms with Crippen LogP contribution >= 0.6 is 0 Å². The van der Waals surface area contributed by atoms with Gasteiger partial charge in [0.15, 0.2) is 0 Å². The van der Waals surface area contributed by atoms with Crippen molar-refractivity contribution in [1.29, 1.82) is 0 Å². The molecule has 174 valence electrons. The summed E-state index contributed by atoms with van der Waals surface area (Å²) in [6.45, 7) is 2.31. The topological polar surface area (TPSA) is 108 Å². The highest BCUT2D eigenvalue weighted by Crippen LogP contribution is 2.34. The van der Waals surface area contributed by atoms with Gasteiger partial charge in [-0.2, -0.15) is 0 Å². The molecule has 2 fully saturated rings. The average molecular weight is 460 g/mol. The van der Waals surface area contributed by atoms with Gasteiger partial charge >= 0.3 is 6.03 Å². The van der Waals surface area contributed by atoms with Gasteiger partial charge in [0.25, 0.3) is 5.91 Å². The minimum atomic E-state index is -0.660. The molecule has 0 radical (unpaired) electrons. The maximum Gasteiger partial charge on any atom is 0.326 e. The van der Waals surface area contributed by atoms with Crippen molar-refractivity contribution in [1.82, 2.24) is 10.2 Å². The molecule has 2 N–H and O–H groups in total. The summed E-state index contributed by atoms with van der Waals surface area (Å²) in [5.41, 5.74) is 5.14. The number of imide groups is 1. The molecule has 6 rings (SSSR count). The Morgan fingerprint density at radius 2 is 1.88 bits per heavy atom. The summed E-state index contributed by atoms with van der Waals surface area (Å²) >= 11 is 0. The largest absolute Gasteiger partial charge is 0.380 e. The van der Waals surface area contributed by atoms with Gasteiger partial charge in [0.1, 0.15) is 6.04 Å². The normalized spacial score (nSPS) is 21.8. The lowest BCUT2D eigenvalue weighted by molar-refractivity contribution is -0.136. The molecule has 0 bridgehead atoms. The van der Waals surface area contributed by atoms with Gasteiger partial charge in [-0.1, -0.05) is 12.1 Å². The van der Waals surface area contributed by atoms with Crippen molar-refractivity contribution in [3.05, 3.63) is 58.7 Å². The summed E-state index contributed by atoms with van der Waals surface area (Å²) < 4.78 is 5.31. The molecule has 9 nitrogen and oxygen atoms in total. The lowest BCUT2D eigenvalue weighted by Crippen LogP contribution is -2.52. The molecule has 0 aromatic heterocycles. The van der Waals surface area contributed by atoms with Gasteiger partial charge in [0.2, 0.25) is 11.8 Å². The van der Waals surface area contributed by atoms with E-state index in [1.54, 1.807) is 23.1 Å². The average Bonchev–Trinajstić information content (AvgIpc) is 3.33. The zero-order valence-electron chi connectivity index (χ0n) is 18.5. The Hall–Kier alpha value is -3.72. The standard InChI is InChI=1S/C25H24N4O5/c30-22-6-5-20(23(31)27-22)29-11-16-9-18(3-4-19(16)24(29)32)26-25(33)28-8-7-14-1-2-15(10-21(14)28)17-12-34-13-17/h1-4,9-10,17,20H,5-8,11-13H2,(H,26,33)(H,27,30,31). The van der Waals surface area contributed by atoms with Crippen LogP contribution in [0.2, 0.25) is 0 Å². The van der Waals surface area contributed by atoms with Crippen LogP contribution in [-0.2, 0) is 27.3 Å². The first-order valence-electron chi connectivity index (χ1n) is 11.5. The molecule has 9 heteroatoms. The minimum absolute atomic E-state index is 0.213. The number of amides is 5. The summed E-state index contributed by atoms with van der Waals surface area (Å²) in [5.74, 6) is -0.598. The van der Waals surface area contributed by atoms with E-state index >= 15 is 0 Å². The van der Waals surface area contributed by atoms with Gasteiger partial charge in [0.05, 0.1) is 13.2 Å². The van der Waals surface area contributed by atoms with Gasteiger partial charge in [-0.15, -0.1) is 0 Å². The van der Waals surface area contributed by atoms with Gasteiger partial charge in [-0.3, -0.25) is 24.6 Å². The molecule has 34 heavy (non-hydrogen) atoms. The van der Waals surface area contributed by atoms with E-state index in [-0.39, 0.29) is 30.8 Å². The fraction of sp³-hybridized carbons (Fsp3) is 0.360. The van der Waals surface area contributed by atoms with Crippen molar-refractivity contribution < 1.29 is 23.9 Å². The number of carbonyl (C=O) groups excluding carboxylic acids is 4. The van der Waals surface area contributed by atoms with Crippen LogP contribution in [0, 0.1) is 0 Å². The number of carbonyl (C=O) groups is 4. The zero-order valence-corrected chi connectivity index (χ0v) is 18.5. The van der Waals surface area contributed by atoms with Crippen LogP contribution in [-0.4, -0.2) is 54.5 Å². The fourth-order valence-corrected chi connectivity index (χ4v) is 5.13. The molecule has 1 atom stereocenters. The molecule has 2 saturated heterocycles. The van der Waals surface area contributed by atoms with Crippen LogP contribution in [0.25, 0.3) is 0 Å². The lowest BCUT2D eigenvalue weighted by Gasteiger charge is -2.29. The van der Waals surface area contributed by atoms with Crippen LogP contribution in [0.1, 0.15) is 45.8 Å². The predicted molar refractivity (Wildman–Crippen MR) is 123 cm³/mol. The number of benzene rings is 2. The van der Waals surface area contributed by atoms with Crippen molar-refractivity contribution in [2.45, 2.75) is 37.8 Å². The molecule has 2 aromatic carbocycles. The van der Waals surface area contributed by atoms with Crippen LogP contribution in [0.4, 0.5) is 16.2 Å².